The lowest BCUT2D eigenvalue weighted by Crippen LogP contribution is -2.48. The molecule has 1 fully saturated rings. The minimum Gasteiger partial charge on any atom is -0.324 e. The van der Waals surface area contributed by atoms with Gasteiger partial charge < -0.3 is 4.90 Å². The minimum atomic E-state index is -4.46. The number of urea groups is 1. The first-order valence-corrected chi connectivity index (χ1v) is 11.3. The summed E-state index contributed by atoms with van der Waals surface area (Å²) in [5.41, 5.74) is -0.284. The van der Waals surface area contributed by atoms with Crippen molar-refractivity contribution < 1.29 is 26.4 Å². The van der Waals surface area contributed by atoms with Gasteiger partial charge in [0.05, 0.1) is 29.9 Å². The number of hydrogen-bond acceptors (Lipinski definition) is 5. The normalized spacial score (nSPS) is 15.7. The molecule has 1 N–H and O–H groups in total. The largest absolute Gasteiger partial charge is 0.416 e. The summed E-state index contributed by atoms with van der Waals surface area (Å²) in [6.45, 7) is 0.680. The molecule has 0 saturated carbocycles. The third kappa shape index (κ3) is 6.16. The smallest absolute Gasteiger partial charge is 0.324 e. The van der Waals surface area contributed by atoms with Gasteiger partial charge in [0, 0.05) is 31.7 Å². The maximum Gasteiger partial charge on any atom is 0.416 e. The number of anilines is 1. The van der Waals surface area contributed by atoms with Crippen molar-refractivity contribution >= 4 is 21.9 Å². The van der Waals surface area contributed by atoms with E-state index in [0.29, 0.717) is 25.9 Å². The molecule has 0 aliphatic carbocycles. The van der Waals surface area contributed by atoms with E-state index >= 15 is 0 Å². The summed E-state index contributed by atoms with van der Waals surface area (Å²) in [4.78, 5) is 22.1. The van der Waals surface area contributed by atoms with Crippen LogP contribution in [0.15, 0.2) is 36.7 Å². The van der Waals surface area contributed by atoms with Crippen LogP contribution >= 0.6 is 0 Å². The van der Waals surface area contributed by atoms with Crippen LogP contribution in [-0.4, -0.2) is 66.1 Å². The third-order valence-corrected chi connectivity index (χ3v) is 6.44. The molecule has 3 rings (SSSR count). The van der Waals surface area contributed by atoms with Gasteiger partial charge in [-0.1, -0.05) is 19.6 Å². The van der Waals surface area contributed by atoms with E-state index in [-0.39, 0.29) is 30.5 Å². The van der Waals surface area contributed by atoms with E-state index in [9.17, 15) is 26.4 Å². The molecule has 0 radical (unpaired) electrons. The van der Waals surface area contributed by atoms with E-state index in [1.165, 1.54) is 33.7 Å². The number of nitrogens with zero attached hydrogens (tertiary/aromatic N) is 4. The predicted molar refractivity (Wildman–Crippen MR) is 115 cm³/mol. The Bertz CT molecular complexity index is 1040. The highest BCUT2D eigenvalue weighted by Crippen LogP contribution is 2.31. The Kier molecular flexibility index (Phi) is 7.83. The van der Waals surface area contributed by atoms with Crippen LogP contribution in [-0.2, 0) is 16.2 Å². The molecule has 0 atom stereocenters. The second-order valence-electron chi connectivity index (χ2n) is 7.30. The fourth-order valence-corrected chi connectivity index (χ4v) is 4.20. The molecule has 8 nitrogen and oxygen atoms in total. The number of sulfonamides is 1. The van der Waals surface area contributed by atoms with Gasteiger partial charge in [-0.3, -0.25) is 10.3 Å². The monoisotopic (exact) mass is 473 g/mol. The SMILES string of the molecule is C.CN(C(=O)Nc1cnc(-c2cccc(C(F)(F)F)c2)cn1)C1CCN(S(C)(=O)=O)CC1. The van der Waals surface area contributed by atoms with Crippen LogP contribution in [0.4, 0.5) is 23.8 Å². The van der Waals surface area contributed by atoms with E-state index in [2.05, 4.69) is 15.3 Å². The maximum absolute atomic E-state index is 12.9. The van der Waals surface area contributed by atoms with Gasteiger partial charge in [0.25, 0.3) is 0 Å². The van der Waals surface area contributed by atoms with E-state index in [1.807, 2.05) is 0 Å². The van der Waals surface area contributed by atoms with Crippen molar-refractivity contribution in [3.8, 4) is 11.3 Å². The number of benzene rings is 1. The van der Waals surface area contributed by atoms with Crippen LogP contribution in [0.2, 0.25) is 0 Å². The van der Waals surface area contributed by atoms with Gasteiger partial charge in [0.15, 0.2) is 5.82 Å². The lowest BCUT2D eigenvalue weighted by molar-refractivity contribution is -0.137. The highest BCUT2D eigenvalue weighted by molar-refractivity contribution is 7.88. The number of amides is 2. The zero-order chi connectivity index (χ0) is 22.8. The molecule has 1 saturated heterocycles. The average Bonchev–Trinajstić information content (AvgIpc) is 2.72. The van der Waals surface area contributed by atoms with Crippen LogP contribution in [0.1, 0.15) is 25.8 Å². The molecular weight excluding hydrogens is 447 g/mol. The molecule has 0 spiro atoms. The number of rotatable bonds is 4. The van der Waals surface area contributed by atoms with Crippen molar-refractivity contribution in [2.75, 3.05) is 31.7 Å². The standard InChI is InChI=1S/C19H22F3N5O3S.CH4/c1-26(15-6-8-27(9-7-15)31(2,29)30)18(28)25-17-12-23-16(11-24-17)13-4-3-5-14(10-13)19(20,21)22;/h3-5,10-12,15H,6-9H2,1-2H3,(H,24,25,28);1H4. The van der Waals surface area contributed by atoms with Crippen LogP contribution in [0.5, 0.6) is 0 Å². The zero-order valence-electron chi connectivity index (χ0n) is 16.9. The Labute approximate surface area is 185 Å². The lowest BCUT2D eigenvalue weighted by Gasteiger charge is -2.35. The van der Waals surface area contributed by atoms with E-state index in [0.717, 1.165) is 18.4 Å². The molecule has 12 heteroatoms. The third-order valence-electron chi connectivity index (χ3n) is 5.13. The van der Waals surface area contributed by atoms with Crippen molar-refractivity contribution in [2.45, 2.75) is 32.5 Å². The van der Waals surface area contributed by atoms with Gasteiger partial charge in [0.2, 0.25) is 10.0 Å². The zero-order valence-corrected chi connectivity index (χ0v) is 17.7. The first kappa shape index (κ1) is 25.5. The number of carbonyl (C=O) groups is 1. The van der Waals surface area contributed by atoms with Crippen LogP contribution in [0.25, 0.3) is 11.3 Å². The highest BCUT2D eigenvalue weighted by atomic mass is 32.2. The van der Waals surface area contributed by atoms with Crippen molar-refractivity contribution in [2.24, 2.45) is 0 Å². The molecular formula is C20H26F3N5O3S. The van der Waals surface area contributed by atoms with Gasteiger partial charge in [-0.2, -0.15) is 13.2 Å². The van der Waals surface area contributed by atoms with Crippen LogP contribution in [0, 0.1) is 0 Å². The first-order chi connectivity index (χ1) is 14.4. The maximum atomic E-state index is 12.9. The predicted octanol–water partition coefficient (Wildman–Crippen LogP) is 3.69. The molecule has 2 heterocycles. The fourth-order valence-electron chi connectivity index (χ4n) is 3.32. The topological polar surface area (TPSA) is 95.5 Å². The summed E-state index contributed by atoms with van der Waals surface area (Å²) in [6.07, 6.45) is 0.280. The van der Waals surface area contributed by atoms with Crippen molar-refractivity contribution in [3.05, 3.63) is 42.2 Å². The quantitative estimate of drug-likeness (QED) is 0.731. The molecule has 1 aliphatic heterocycles. The summed E-state index contributed by atoms with van der Waals surface area (Å²) in [7, 11) is -1.64. The molecule has 1 aromatic carbocycles. The van der Waals surface area contributed by atoms with E-state index in [1.54, 1.807) is 7.05 Å². The summed E-state index contributed by atoms with van der Waals surface area (Å²) >= 11 is 0. The summed E-state index contributed by atoms with van der Waals surface area (Å²) in [5.74, 6) is 0.154. The Morgan fingerprint density at radius 2 is 1.84 bits per heavy atom. The molecule has 2 aromatic rings. The van der Waals surface area contributed by atoms with Crippen LogP contribution < -0.4 is 5.32 Å². The molecule has 0 unspecified atom stereocenters. The number of carbonyl (C=O) groups excluding carboxylic acids is 1. The number of piperidine rings is 1. The Balaban J connectivity index is 0.00000363. The number of aromatic nitrogens is 2. The second-order valence-corrected chi connectivity index (χ2v) is 9.28. The van der Waals surface area contributed by atoms with Crippen molar-refractivity contribution in [1.82, 2.24) is 19.2 Å². The molecule has 0 bridgehead atoms. The van der Waals surface area contributed by atoms with Crippen molar-refractivity contribution in [3.63, 3.8) is 0 Å². The van der Waals surface area contributed by atoms with E-state index < -0.39 is 27.8 Å². The number of halogens is 3. The minimum absolute atomic E-state index is 0. The van der Waals surface area contributed by atoms with E-state index in [4.69, 9.17) is 0 Å². The summed E-state index contributed by atoms with van der Waals surface area (Å²) in [5, 5.41) is 2.60. The van der Waals surface area contributed by atoms with Gasteiger partial charge in [-0.15, -0.1) is 0 Å². The molecule has 1 aliphatic rings. The fraction of sp³-hybridized carbons (Fsp3) is 0.450. The Morgan fingerprint density at radius 1 is 1.19 bits per heavy atom. The highest BCUT2D eigenvalue weighted by Gasteiger charge is 2.31. The summed E-state index contributed by atoms with van der Waals surface area (Å²) in [6, 6.07) is 4.18. The summed E-state index contributed by atoms with van der Waals surface area (Å²) < 4.78 is 63.2. The first-order valence-electron chi connectivity index (χ1n) is 9.44. The number of alkyl halides is 3. The molecule has 2 amide bonds. The molecule has 176 valence electrons. The number of nitrogens with one attached hydrogen (secondary N) is 1. The van der Waals surface area contributed by atoms with Gasteiger partial charge in [-0.25, -0.2) is 22.5 Å². The van der Waals surface area contributed by atoms with Crippen molar-refractivity contribution in [1.29, 1.82) is 0 Å². The van der Waals surface area contributed by atoms with Gasteiger partial charge >= 0.3 is 12.2 Å². The lowest BCUT2D eigenvalue weighted by atomic mass is 10.1. The second kappa shape index (κ2) is 9.82. The van der Waals surface area contributed by atoms with Crippen LogP contribution in [0.3, 0.4) is 0 Å². The van der Waals surface area contributed by atoms with Gasteiger partial charge in [0.1, 0.15) is 0 Å². The molecule has 32 heavy (non-hydrogen) atoms. The molecule has 1 aromatic heterocycles. The average molecular weight is 474 g/mol. The Morgan fingerprint density at radius 3 is 2.38 bits per heavy atom. The Hall–Kier alpha value is -2.73. The number of hydrogen-bond donors (Lipinski definition) is 1. The van der Waals surface area contributed by atoms with Gasteiger partial charge in [-0.05, 0) is 25.0 Å².